The molecule has 1 fully saturated rings. The molecule has 1 amide bonds. The van der Waals surface area contributed by atoms with Crippen LogP contribution < -0.4 is 10.6 Å². The Hall–Kier alpha value is -4.23. The average molecular weight is 643 g/mol. The van der Waals surface area contributed by atoms with Gasteiger partial charge in [-0.2, -0.15) is 4.98 Å². The molecule has 1 aliphatic rings. The van der Waals surface area contributed by atoms with Gasteiger partial charge in [0.2, 0.25) is 5.91 Å². The summed E-state index contributed by atoms with van der Waals surface area (Å²) in [7, 11) is -3.99. The summed E-state index contributed by atoms with van der Waals surface area (Å²) in [5.41, 5.74) is -1.43. The molecule has 4 heterocycles. The highest BCUT2D eigenvalue weighted by Crippen LogP contribution is 2.37. The summed E-state index contributed by atoms with van der Waals surface area (Å²) in [5, 5.41) is -0.285. The van der Waals surface area contributed by atoms with Crippen LogP contribution in [0.4, 0.5) is 14.6 Å². The minimum absolute atomic E-state index is 0.0664. The molecule has 1 atom stereocenters. The molecule has 1 saturated heterocycles. The van der Waals surface area contributed by atoms with Crippen LogP contribution >= 0.6 is 11.6 Å². The Morgan fingerprint density at radius 2 is 1.84 bits per heavy atom. The van der Waals surface area contributed by atoms with Crippen LogP contribution in [0, 0.1) is 11.6 Å². The molecule has 0 unspecified atom stereocenters. The van der Waals surface area contributed by atoms with E-state index >= 15 is 8.78 Å². The van der Waals surface area contributed by atoms with Crippen molar-refractivity contribution in [3.05, 3.63) is 81.9 Å². The molecule has 0 spiro atoms. The van der Waals surface area contributed by atoms with E-state index in [0.717, 1.165) is 23.0 Å². The van der Waals surface area contributed by atoms with Gasteiger partial charge in [0, 0.05) is 38.1 Å². The maximum absolute atomic E-state index is 15.0. The van der Waals surface area contributed by atoms with Gasteiger partial charge in [-0.25, -0.2) is 36.5 Å². The predicted molar refractivity (Wildman–Crippen MR) is 164 cm³/mol. The number of anilines is 1. The Morgan fingerprint density at radius 1 is 1.16 bits per heavy atom. The molecule has 0 bridgehead atoms. The Labute approximate surface area is 257 Å². The molecule has 1 aromatic carbocycles. The normalized spacial score (nSPS) is 15.7. The average Bonchev–Trinajstić information content (AvgIpc) is 2.96. The highest BCUT2D eigenvalue weighted by molar-refractivity contribution is 7.90. The smallest absolute Gasteiger partial charge is 0.350 e. The SMILES string of the molecule is C=CC(=O)N1CCN(c2nc(=O)n(-c3c(C(C)C)ccnc3S(C)(=O)=O)c3nc(-c4c(F)cccc4F)c(Cl)cc23)[C@@H](C)C1. The maximum atomic E-state index is 15.0. The van der Waals surface area contributed by atoms with E-state index in [1.165, 1.54) is 24.4 Å². The fourth-order valence-corrected chi connectivity index (χ4v) is 6.50. The number of carbonyl (C=O) groups is 1. The van der Waals surface area contributed by atoms with Crippen molar-refractivity contribution in [1.29, 1.82) is 0 Å². The van der Waals surface area contributed by atoms with Crippen LogP contribution in [0.2, 0.25) is 5.02 Å². The first-order valence-corrected chi connectivity index (χ1v) is 16.0. The number of amides is 1. The number of benzene rings is 1. The number of sulfone groups is 1. The molecule has 5 rings (SSSR count). The Bertz CT molecular complexity index is 1980. The second-order valence-corrected chi connectivity index (χ2v) is 13.2. The van der Waals surface area contributed by atoms with Crippen molar-refractivity contribution in [2.75, 3.05) is 30.8 Å². The lowest BCUT2D eigenvalue weighted by atomic mass is 10.0. The zero-order valence-electron chi connectivity index (χ0n) is 24.4. The lowest BCUT2D eigenvalue weighted by molar-refractivity contribution is -0.126. The van der Waals surface area contributed by atoms with E-state index < -0.39 is 32.7 Å². The molecule has 0 saturated carbocycles. The fourth-order valence-electron chi connectivity index (χ4n) is 5.44. The van der Waals surface area contributed by atoms with Crippen LogP contribution in [0.1, 0.15) is 32.3 Å². The number of nitrogens with zero attached hydrogens (tertiary/aromatic N) is 6. The summed E-state index contributed by atoms with van der Waals surface area (Å²) in [6.45, 7) is 9.91. The largest absolute Gasteiger partial charge is 0.355 e. The van der Waals surface area contributed by atoms with Crippen molar-refractivity contribution in [2.45, 2.75) is 37.8 Å². The third-order valence-electron chi connectivity index (χ3n) is 7.51. The van der Waals surface area contributed by atoms with Crippen LogP contribution in [-0.2, 0) is 14.6 Å². The summed E-state index contributed by atoms with van der Waals surface area (Å²) in [5.74, 6) is -2.21. The minimum atomic E-state index is -3.99. The summed E-state index contributed by atoms with van der Waals surface area (Å²) in [6, 6.07) is 5.98. The van der Waals surface area contributed by atoms with Gasteiger partial charge in [0.25, 0.3) is 0 Å². The lowest BCUT2D eigenvalue weighted by Crippen LogP contribution is -2.54. The third-order valence-corrected chi connectivity index (χ3v) is 8.79. The number of piperazine rings is 1. The molecular formula is C30H29ClF2N6O4S. The Kier molecular flexibility index (Phi) is 8.29. The molecule has 0 aliphatic carbocycles. The van der Waals surface area contributed by atoms with Gasteiger partial charge < -0.3 is 9.80 Å². The zero-order chi connectivity index (χ0) is 32.1. The van der Waals surface area contributed by atoms with Crippen molar-refractivity contribution in [3.63, 3.8) is 0 Å². The molecule has 1 aliphatic heterocycles. The second-order valence-electron chi connectivity index (χ2n) is 10.9. The number of hydrogen-bond acceptors (Lipinski definition) is 8. The first-order chi connectivity index (χ1) is 20.7. The Morgan fingerprint density at radius 3 is 2.43 bits per heavy atom. The van der Waals surface area contributed by atoms with E-state index in [4.69, 9.17) is 11.6 Å². The molecule has 14 heteroatoms. The minimum Gasteiger partial charge on any atom is -0.350 e. The standard InChI is InChI=1S/C30H29ClF2N6O4S/c1-6-23(40)37-12-13-38(17(4)15-37)27-19-14-20(31)25(24-21(32)8-7-9-22(24)33)35-28(19)39(30(41)36-27)26-18(16(2)3)10-11-34-29(26)44(5,42)43/h6-11,14,16-17H,1,12-13,15H2,2-5H3/t17-/m0/s1. The molecule has 44 heavy (non-hydrogen) atoms. The van der Waals surface area contributed by atoms with E-state index in [0.29, 0.717) is 18.7 Å². The Balaban J connectivity index is 1.90. The number of aromatic nitrogens is 4. The maximum Gasteiger partial charge on any atom is 0.355 e. The number of fused-ring (bicyclic) bond motifs is 1. The molecular weight excluding hydrogens is 614 g/mol. The summed E-state index contributed by atoms with van der Waals surface area (Å²) >= 11 is 6.63. The topological polar surface area (TPSA) is 118 Å². The van der Waals surface area contributed by atoms with Gasteiger partial charge in [0.1, 0.15) is 17.5 Å². The van der Waals surface area contributed by atoms with Crippen LogP contribution in [0.25, 0.3) is 28.0 Å². The number of carbonyl (C=O) groups excluding carboxylic acids is 1. The van der Waals surface area contributed by atoms with Gasteiger partial charge in [0.15, 0.2) is 20.5 Å². The van der Waals surface area contributed by atoms with Gasteiger partial charge in [-0.05, 0) is 48.7 Å². The first kappa shape index (κ1) is 31.2. The fraction of sp³-hybridized carbons (Fsp3) is 0.300. The molecule has 0 radical (unpaired) electrons. The molecule has 4 aromatic rings. The van der Waals surface area contributed by atoms with Gasteiger partial charge >= 0.3 is 5.69 Å². The van der Waals surface area contributed by atoms with Gasteiger partial charge in [0.05, 0.1) is 27.4 Å². The first-order valence-electron chi connectivity index (χ1n) is 13.7. The monoisotopic (exact) mass is 642 g/mol. The summed E-state index contributed by atoms with van der Waals surface area (Å²) < 4.78 is 56.9. The third kappa shape index (κ3) is 5.45. The molecule has 3 aromatic heterocycles. The highest BCUT2D eigenvalue weighted by atomic mass is 35.5. The van der Waals surface area contributed by atoms with Gasteiger partial charge in [-0.1, -0.05) is 38.1 Å². The van der Waals surface area contributed by atoms with Crippen molar-refractivity contribution in [3.8, 4) is 16.9 Å². The molecule has 0 N–H and O–H groups in total. The number of rotatable bonds is 6. The summed E-state index contributed by atoms with van der Waals surface area (Å²) in [6.07, 6.45) is 3.53. The van der Waals surface area contributed by atoms with Crippen LogP contribution in [0.5, 0.6) is 0 Å². The van der Waals surface area contributed by atoms with E-state index in [2.05, 4.69) is 21.5 Å². The zero-order valence-corrected chi connectivity index (χ0v) is 26.0. The highest BCUT2D eigenvalue weighted by Gasteiger charge is 2.32. The van der Waals surface area contributed by atoms with Crippen LogP contribution in [-0.4, -0.2) is 70.7 Å². The van der Waals surface area contributed by atoms with Crippen molar-refractivity contribution < 1.29 is 22.0 Å². The van der Waals surface area contributed by atoms with Gasteiger partial charge in [-0.3, -0.25) is 4.79 Å². The van der Waals surface area contributed by atoms with Crippen LogP contribution in [0.3, 0.4) is 0 Å². The number of pyridine rings is 2. The van der Waals surface area contributed by atoms with Gasteiger partial charge in [-0.15, -0.1) is 0 Å². The quantitative estimate of drug-likeness (QED) is 0.282. The predicted octanol–water partition coefficient (Wildman–Crippen LogP) is 4.52. The van der Waals surface area contributed by atoms with Crippen molar-refractivity contribution >= 4 is 44.2 Å². The van der Waals surface area contributed by atoms with Crippen LogP contribution in [0.15, 0.2) is 59.0 Å². The summed E-state index contributed by atoms with van der Waals surface area (Å²) in [4.78, 5) is 42.8. The van der Waals surface area contributed by atoms with Crippen molar-refractivity contribution in [2.24, 2.45) is 0 Å². The second kappa shape index (κ2) is 11.7. The molecule has 230 valence electrons. The number of hydrogen-bond donors (Lipinski definition) is 0. The van der Waals surface area contributed by atoms with E-state index in [1.54, 1.807) is 11.0 Å². The van der Waals surface area contributed by atoms with E-state index in [1.807, 2.05) is 25.7 Å². The molecule has 10 nitrogen and oxygen atoms in total. The van der Waals surface area contributed by atoms with E-state index in [-0.39, 0.29) is 62.7 Å². The van der Waals surface area contributed by atoms with E-state index in [9.17, 15) is 18.0 Å². The lowest BCUT2D eigenvalue weighted by Gasteiger charge is -2.40. The van der Waals surface area contributed by atoms with Crippen molar-refractivity contribution in [1.82, 2.24) is 24.4 Å². The number of halogens is 3.